The Bertz CT molecular complexity index is 2900. The zero-order valence-electron chi connectivity index (χ0n) is 29.6. The number of hydrogen-bond donors (Lipinski definition) is 0. The first-order valence-electron chi connectivity index (χ1n) is 18.4. The van der Waals surface area contributed by atoms with Gasteiger partial charge >= 0.3 is 0 Å². The van der Waals surface area contributed by atoms with E-state index >= 15 is 0 Å². The summed E-state index contributed by atoms with van der Waals surface area (Å²) in [6, 6.07) is 75.8. The van der Waals surface area contributed by atoms with Crippen LogP contribution in [0.25, 0.3) is 77.2 Å². The third-order valence-electron chi connectivity index (χ3n) is 10.5. The topological polar surface area (TPSA) is 16.4 Å². The van der Waals surface area contributed by atoms with E-state index in [2.05, 4.69) is 205 Å². The van der Waals surface area contributed by atoms with Gasteiger partial charge in [-0.3, -0.25) is 0 Å². The summed E-state index contributed by atoms with van der Waals surface area (Å²) < 4.78 is 6.33. The van der Waals surface area contributed by atoms with Crippen LogP contribution in [0.2, 0.25) is 0 Å². The normalized spacial score (nSPS) is 11.3. The molecule has 0 fully saturated rings. The van der Waals surface area contributed by atoms with E-state index in [4.69, 9.17) is 4.42 Å². The van der Waals surface area contributed by atoms with Crippen LogP contribution >= 0.6 is 0 Å². The van der Waals surface area contributed by atoms with Crippen LogP contribution in [-0.4, -0.2) is 0 Å². The summed E-state index contributed by atoms with van der Waals surface area (Å²) in [7, 11) is 0. The van der Waals surface area contributed by atoms with Crippen molar-refractivity contribution in [1.29, 1.82) is 0 Å². The Hall–Kier alpha value is -7.16. The first kappa shape index (κ1) is 31.6. The molecule has 0 N–H and O–H groups in total. The van der Waals surface area contributed by atoms with Gasteiger partial charge in [0.1, 0.15) is 11.2 Å². The molecule has 0 aliphatic carbocycles. The van der Waals surface area contributed by atoms with Crippen LogP contribution in [0.5, 0.6) is 0 Å². The molecule has 0 unspecified atom stereocenters. The standard InChI is InChI=1S/C52H35NO/c1-2-11-36(12-3-1)42-15-8-16-43(35-42)39-29-33-45(34-30-39)53(50-21-9-14-40-13-4-5-17-46(40)50)44-31-27-38(28-32-44)37-23-25-41(26-24-37)47-19-10-20-49-48-18-6-7-22-51(48)54-52(47)49/h1-35H. The molecule has 1 aromatic heterocycles. The number of fused-ring (bicyclic) bond motifs is 4. The van der Waals surface area contributed by atoms with Crippen LogP contribution in [0.4, 0.5) is 17.1 Å². The molecule has 2 heteroatoms. The van der Waals surface area contributed by atoms with Crippen molar-refractivity contribution in [3.05, 3.63) is 212 Å². The van der Waals surface area contributed by atoms with E-state index in [0.717, 1.165) is 50.1 Å². The van der Waals surface area contributed by atoms with Gasteiger partial charge in [-0.1, -0.05) is 170 Å². The minimum Gasteiger partial charge on any atom is -0.455 e. The van der Waals surface area contributed by atoms with E-state index in [1.54, 1.807) is 0 Å². The molecule has 0 spiro atoms. The Labute approximate surface area is 314 Å². The molecule has 0 aliphatic heterocycles. The lowest BCUT2D eigenvalue weighted by Gasteiger charge is -2.27. The predicted molar refractivity (Wildman–Crippen MR) is 228 cm³/mol. The van der Waals surface area contributed by atoms with E-state index in [1.807, 2.05) is 12.1 Å². The fourth-order valence-corrected chi connectivity index (χ4v) is 7.76. The lowest BCUT2D eigenvalue weighted by atomic mass is 9.98. The average Bonchev–Trinajstić information content (AvgIpc) is 3.64. The third kappa shape index (κ3) is 5.71. The van der Waals surface area contributed by atoms with Gasteiger partial charge in [0.05, 0.1) is 5.69 Å². The van der Waals surface area contributed by atoms with Crippen molar-refractivity contribution in [2.24, 2.45) is 0 Å². The maximum absolute atomic E-state index is 6.33. The highest BCUT2D eigenvalue weighted by molar-refractivity contribution is 6.09. The van der Waals surface area contributed by atoms with E-state index in [-0.39, 0.29) is 0 Å². The summed E-state index contributed by atoms with van der Waals surface area (Å²) >= 11 is 0. The Morgan fingerprint density at radius 1 is 0.315 bits per heavy atom. The Morgan fingerprint density at radius 3 is 1.52 bits per heavy atom. The van der Waals surface area contributed by atoms with Crippen LogP contribution in [0.3, 0.4) is 0 Å². The van der Waals surface area contributed by atoms with Gasteiger partial charge in [-0.25, -0.2) is 0 Å². The van der Waals surface area contributed by atoms with Crippen molar-refractivity contribution in [2.75, 3.05) is 4.90 Å². The molecule has 54 heavy (non-hydrogen) atoms. The van der Waals surface area contributed by atoms with Crippen molar-refractivity contribution in [3.63, 3.8) is 0 Å². The highest BCUT2D eigenvalue weighted by atomic mass is 16.3. The summed E-state index contributed by atoms with van der Waals surface area (Å²) in [4.78, 5) is 2.37. The second kappa shape index (κ2) is 13.4. The highest BCUT2D eigenvalue weighted by Crippen LogP contribution is 2.41. The summed E-state index contributed by atoms with van der Waals surface area (Å²) in [6.45, 7) is 0. The van der Waals surface area contributed by atoms with Crippen molar-refractivity contribution in [2.45, 2.75) is 0 Å². The third-order valence-corrected chi connectivity index (χ3v) is 10.5. The Morgan fingerprint density at radius 2 is 0.796 bits per heavy atom. The van der Waals surface area contributed by atoms with Gasteiger partial charge in [-0.15, -0.1) is 0 Å². The van der Waals surface area contributed by atoms with Gasteiger partial charge in [-0.05, 0) is 86.8 Å². The SMILES string of the molecule is c1ccc(-c2cccc(-c3ccc(N(c4ccc(-c5ccc(-c6cccc7c6oc6ccccc67)cc5)cc4)c4cccc5ccccc45)cc3)c2)cc1. The molecule has 0 atom stereocenters. The van der Waals surface area contributed by atoms with Crippen molar-refractivity contribution < 1.29 is 4.42 Å². The first-order valence-corrected chi connectivity index (χ1v) is 18.4. The zero-order chi connectivity index (χ0) is 35.8. The Kier molecular flexibility index (Phi) is 7.85. The molecule has 0 saturated heterocycles. The summed E-state index contributed by atoms with van der Waals surface area (Å²) in [5.74, 6) is 0. The van der Waals surface area contributed by atoms with Gasteiger partial charge < -0.3 is 9.32 Å². The second-order valence-electron chi connectivity index (χ2n) is 13.7. The lowest BCUT2D eigenvalue weighted by molar-refractivity contribution is 0.670. The minimum absolute atomic E-state index is 0.916. The molecule has 0 bridgehead atoms. The number of rotatable bonds is 7. The van der Waals surface area contributed by atoms with Gasteiger partial charge in [-0.2, -0.15) is 0 Å². The quantitative estimate of drug-likeness (QED) is 0.166. The number of anilines is 3. The average molecular weight is 690 g/mol. The molecule has 9 aromatic carbocycles. The van der Waals surface area contributed by atoms with E-state index in [1.165, 1.54) is 44.2 Å². The van der Waals surface area contributed by atoms with Gasteiger partial charge in [0, 0.05) is 33.1 Å². The first-order chi connectivity index (χ1) is 26.8. The van der Waals surface area contributed by atoms with Gasteiger partial charge in [0.25, 0.3) is 0 Å². The monoisotopic (exact) mass is 689 g/mol. The molecule has 1 heterocycles. The molecule has 10 aromatic rings. The molecule has 254 valence electrons. The number of furan rings is 1. The minimum atomic E-state index is 0.916. The summed E-state index contributed by atoms with van der Waals surface area (Å²) in [5.41, 5.74) is 14.6. The van der Waals surface area contributed by atoms with Gasteiger partial charge in [0.2, 0.25) is 0 Å². The van der Waals surface area contributed by atoms with Crippen LogP contribution in [0.15, 0.2) is 217 Å². The Balaban J connectivity index is 0.990. The number of hydrogen-bond acceptors (Lipinski definition) is 2. The number of benzene rings is 9. The molecule has 10 rings (SSSR count). The fraction of sp³-hybridized carbons (Fsp3) is 0. The molecule has 0 amide bonds. The van der Waals surface area contributed by atoms with Crippen LogP contribution < -0.4 is 4.90 Å². The van der Waals surface area contributed by atoms with Crippen molar-refractivity contribution >= 4 is 49.8 Å². The molecule has 0 radical (unpaired) electrons. The number of nitrogens with zero attached hydrogens (tertiary/aromatic N) is 1. The van der Waals surface area contributed by atoms with Crippen LogP contribution in [0, 0.1) is 0 Å². The smallest absolute Gasteiger partial charge is 0.143 e. The molecule has 2 nitrogen and oxygen atoms in total. The predicted octanol–water partition coefficient (Wildman–Crippen LogP) is 14.9. The fourth-order valence-electron chi connectivity index (χ4n) is 7.76. The molecule has 0 aliphatic rings. The molecule has 0 saturated carbocycles. The van der Waals surface area contributed by atoms with Crippen molar-refractivity contribution in [1.82, 2.24) is 0 Å². The zero-order valence-corrected chi connectivity index (χ0v) is 29.6. The largest absolute Gasteiger partial charge is 0.455 e. The number of para-hydroxylation sites is 2. The van der Waals surface area contributed by atoms with Gasteiger partial charge in [0.15, 0.2) is 0 Å². The molecular formula is C52H35NO. The van der Waals surface area contributed by atoms with Crippen molar-refractivity contribution in [3.8, 4) is 44.5 Å². The summed E-state index contributed by atoms with van der Waals surface area (Å²) in [5, 5.41) is 4.71. The van der Waals surface area contributed by atoms with Crippen LogP contribution in [0.1, 0.15) is 0 Å². The maximum Gasteiger partial charge on any atom is 0.143 e. The van der Waals surface area contributed by atoms with E-state index < -0.39 is 0 Å². The lowest BCUT2D eigenvalue weighted by Crippen LogP contribution is -2.10. The summed E-state index contributed by atoms with van der Waals surface area (Å²) in [6.07, 6.45) is 0. The highest BCUT2D eigenvalue weighted by Gasteiger charge is 2.17. The van der Waals surface area contributed by atoms with Crippen LogP contribution in [-0.2, 0) is 0 Å². The van der Waals surface area contributed by atoms with E-state index in [9.17, 15) is 0 Å². The maximum atomic E-state index is 6.33. The van der Waals surface area contributed by atoms with E-state index in [0.29, 0.717) is 0 Å². The molecular weight excluding hydrogens is 655 g/mol. The second-order valence-corrected chi connectivity index (χ2v) is 13.7.